The van der Waals surface area contributed by atoms with Crippen molar-refractivity contribution < 1.29 is 15.0 Å². The normalized spacial score (nSPS) is 11.0. The number of carbonyl (C=O) groups is 1. The van der Waals surface area contributed by atoms with Gasteiger partial charge in [0.05, 0.1) is 0 Å². The first-order valence-electron chi connectivity index (χ1n) is 5.65. The molecule has 0 heterocycles. The van der Waals surface area contributed by atoms with Crippen LogP contribution >= 0.6 is 0 Å². The highest BCUT2D eigenvalue weighted by Gasteiger charge is 2.16. The molecule has 17 heavy (non-hydrogen) atoms. The van der Waals surface area contributed by atoms with E-state index in [2.05, 4.69) is 0 Å². The summed E-state index contributed by atoms with van der Waals surface area (Å²) in [5.41, 5.74) is 1.45. The second kappa shape index (κ2) is 5.53. The molecule has 0 aliphatic heterocycles. The van der Waals surface area contributed by atoms with E-state index in [0.29, 0.717) is 29.5 Å². The quantitative estimate of drug-likeness (QED) is 0.477. The number of hydrogen-bond donors (Lipinski definition) is 2. The Balaban J connectivity index is 3.02. The standard InChI is InChI=1S/C14H18O3/c1-4-5-6-7-12(15)11-8-9(2)13(16)14(17)10(11)3/h4-5,8,16-17H,6-7H2,1-3H3. The summed E-state index contributed by atoms with van der Waals surface area (Å²) in [6.45, 7) is 5.21. The zero-order valence-corrected chi connectivity index (χ0v) is 10.4. The molecular formula is C14H18O3. The maximum atomic E-state index is 11.9. The minimum absolute atomic E-state index is 0.0148. The predicted octanol–water partition coefficient (Wildman–Crippen LogP) is 3.25. The minimum Gasteiger partial charge on any atom is -0.504 e. The van der Waals surface area contributed by atoms with Crippen molar-refractivity contribution in [1.29, 1.82) is 0 Å². The molecule has 1 rings (SSSR count). The molecule has 0 radical (unpaired) electrons. The molecule has 1 aromatic carbocycles. The summed E-state index contributed by atoms with van der Waals surface area (Å²) in [4.78, 5) is 11.9. The minimum atomic E-state index is -0.195. The Bertz CT molecular complexity index is 459. The first-order chi connectivity index (χ1) is 7.99. The number of hydrogen-bond acceptors (Lipinski definition) is 3. The molecule has 0 spiro atoms. The Labute approximate surface area is 101 Å². The fourth-order valence-corrected chi connectivity index (χ4v) is 1.69. The maximum Gasteiger partial charge on any atom is 0.163 e. The summed E-state index contributed by atoms with van der Waals surface area (Å²) in [7, 11) is 0. The Morgan fingerprint density at radius 3 is 2.53 bits per heavy atom. The average molecular weight is 234 g/mol. The van der Waals surface area contributed by atoms with Gasteiger partial charge < -0.3 is 10.2 Å². The number of allylic oxidation sites excluding steroid dienone is 2. The van der Waals surface area contributed by atoms with Crippen molar-refractivity contribution in [3.63, 3.8) is 0 Å². The first kappa shape index (κ1) is 13.3. The van der Waals surface area contributed by atoms with E-state index in [1.807, 2.05) is 19.1 Å². The number of carbonyl (C=O) groups excluding carboxylic acids is 1. The van der Waals surface area contributed by atoms with Gasteiger partial charge in [-0.3, -0.25) is 4.79 Å². The third-order valence-electron chi connectivity index (χ3n) is 2.79. The number of phenols is 2. The van der Waals surface area contributed by atoms with Crippen molar-refractivity contribution in [3.8, 4) is 11.5 Å². The van der Waals surface area contributed by atoms with Gasteiger partial charge >= 0.3 is 0 Å². The van der Waals surface area contributed by atoms with Crippen LogP contribution in [0.25, 0.3) is 0 Å². The molecule has 0 amide bonds. The van der Waals surface area contributed by atoms with Gasteiger partial charge in [0.2, 0.25) is 0 Å². The van der Waals surface area contributed by atoms with Crippen molar-refractivity contribution >= 4 is 5.78 Å². The van der Waals surface area contributed by atoms with Gasteiger partial charge in [0.25, 0.3) is 0 Å². The highest BCUT2D eigenvalue weighted by molar-refractivity contribution is 5.98. The van der Waals surface area contributed by atoms with Gasteiger partial charge in [0.1, 0.15) is 0 Å². The van der Waals surface area contributed by atoms with Crippen molar-refractivity contribution in [2.75, 3.05) is 0 Å². The van der Waals surface area contributed by atoms with E-state index in [1.54, 1.807) is 19.9 Å². The monoisotopic (exact) mass is 234 g/mol. The second-order valence-electron chi connectivity index (χ2n) is 4.09. The fraction of sp³-hybridized carbons (Fsp3) is 0.357. The molecule has 0 atom stereocenters. The lowest BCUT2D eigenvalue weighted by Gasteiger charge is -2.10. The van der Waals surface area contributed by atoms with Crippen LogP contribution in [0.4, 0.5) is 0 Å². The van der Waals surface area contributed by atoms with Gasteiger partial charge in [0, 0.05) is 17.5 Å². The molecule has 0 fully saturated rings. The molecule has 2 N–H and O–H groups in total. The molecule has 3 nitrogen and oxygen atoms in total. The maximum absolute atomic E-state index is 11.9. The second-order valence-corrected chi connectivity index (χ2v) is 4.09. The molecule has 0 aromatic heterocycles. The van der Waals surface area contributed by atoms with Gasteiger partial charge in [-0.15, -0.1) is 0 Å². The topological polar surface area (TPSA) is 57.5 Å². The molecule has 0 aliphatic rings. The van der Waals surface area contributed by atoms with E-state index in [0.717, 1.165) is 0 Å². The summed E-state index contributed by atoms with van der Waals surface area (Å²) < 4.78 is 0. The van der Waals surface area contributed by atoms with E-state index < -0.39 is 0 Å². The summed E-state index contributed by atoms with van der Waals surface area (Å²) in [5.74, 6) is -0.356. The molecule has 1 aromatic rings. The number of aryl methyl sites for hydroxylation is 1. The summed E-state index contributed by atoms with van der Waals surface area (Å²) in [5, 5.41) is 19.2. The van der Waals surface area contributed by atoms with Gasteiger partial charge in [-0.2, -0.15) is 0 Å². The lowest BCUT2D eigenvalue weighted by Crippen LogP contribution is -2.02. The third-order valence-corrected chi connectivity index (χ3v) is 2.79. The number of benzene rings is 1. The molecular weight excluding hydrogens is 216 g/mol. The van der Waals surface area contributed by atoms with E-state index in [9.17, 15) is 15.0 Å². The zero-order valence-electron chi connectivity index (χ0n) is 10.4. The third kappa shape index (κ3) is 2.87. The van der Waals surface area contributed by atoms with Gasteiger partial charge in [0.15, 0.2) is 17.3 Å². The van der Waals surface area contributed by atoms with E-state index >= 15 is 0 Å². The highest BCUT2D eigenvalue weighted by Crippen LogP contribution is 2.34. The smallest absolute Gasteiger partial charge is 0.163 e. The average Bonchev–Trinajstić information content (AvgIpc) is 2.31. The summed E-state index contributed by atoms with van der Waals surface area (Å²) in [6, 6.07) is 1.63. The molecule has 0 bridgehead atoms. The molecule has 0 saturated carbocycles. The fourth-order valence-electron chi connectivity index (χ4n) is 1.69. The van der Waals surface area contributed by atoms with Gasteiger partial charge in [-0.25, -0.2) is 0 Å². The van der Waals surface area contributed by atoms with Crippen molar-refractivity contribution in [2.24, 2.45) is 0 Å². The van der Waals surface area contributed by atoms with Crippen LogP contribution in [-0.4, -0.2) is 16.0 Å². The number of rotatable bonds is 4. The van der Waals surface area contributed by atoms with Crippen LogP contribution in [-0.2, 0) is 0 Å². The van der Waals surface area contributed by atoms with Crippen LogP contribution in [0.2, 0.25) is 0 Å². The highest BCUT2D eigenvalue weighted by atomic mass is 16.3. The predicted molar refractivity (Wildman–Crippen MR) is 67.6 cm³/mol. The van der Waals surface area contributed by atoms with Gasteiger partial charge in [-0.05, 0) is 38.8 Å². The lowest BCUT2D eigenvalue weighted by molar-refractivity contribution is 0.0982. The number of aromatic hydroxyl groups is 2. The van der Waals surface area contributed by atoms with Crippen LogP contribution in [0.3, 0.4) is 0 Å². The van der Waals surface area contributed by atoms with Crippen molar-refractivity contribution in [3.05, 3.63) is 34.9 Å². The Morgan fingerprint density at radius 1 is 1.29 bits per heavy atom. The Hall–Kier alpha value is -1.77. The van der Waals surface area contributed by atoms with E-state index in [4.69, 9.17) is 0 Å². The molecule has 0 unspecified atom stereocenters. The SMILES string of the molecule is CC=CCCC(=O)c1cc(C)c(O)c(O)c1C. The molecule has 0 aliphatic carbocycles. The van der Waals surface area contributed by atoms with E-state index in [1.165, 1.54) is 0 Å². The summed E-state index contributed by atoms with van der Waals surface area (Å²) >= 11 is 0. The Kier molecular flexibility index (Phi) is 4.32. The van der Waals surface area contributed by atoms with Crippen LogP contribution < -0.4 is 0 Å². The van der Waals surface area contributed by atoms with Crippen LogP contribution in [0.1, 0.15) is 41.3 Å². The van der Waals surface area contributed by atoms with E-state index in [-0.39, 0.29) is 17.3 Å². The number of phenolic OH excluding ortho intramolecular Hbond substituents is 2. The molecule has 0 saturated heterocycles. The van der Waals surface area contributed by atoms with Crippen LogP contribution in [0.15, 0.2) is 18.2 Å². The van der Waals surface area contributed by atoms with Crippen molar-refractivity contribution in [1.82, 2.24) is 0 Å². The Morgan fingerprint density at radius 2 is 1.94 bits per heavy atom. The molecule has 3 heteroatoms. The first-order valence-corrected chi connectivity index (χ1v) is 5.65. The number of Topliss-reactive ketones (excluding diaryl/α,β-unsaturated/α-hetero) is 1. The zero-order chi connectivity index (χ0) is 13.0. The largest absolute Gasteiger partial charge is 0.504 e. The number of ketones is 1. The van der Waals surface area contributed by atoms with Crippen molar-refractivity contribution in [2.45, 2.75) is 33.6 Å². The summed E-state index contributed by atoms with van der Waals surface area (Å²) in [6.07, 6.45) is 4.93. The lowest BCUT2D eigenvalue weighted by atomic mass is 9.97. The van der Waals surface area contributed by atoms with Gasteiger partial charge in [-0.1, -0.05) is 12.2 Å². The van der Waals surface area contributed by atoms with Crippen LogP contribution in [0, 0.1) is 13.8 Å². The molecule has 92 valence electrons. The van der Waals surface area contributed by atoms with Crippen LogP contribution in [0.5, 0.6) is 11.5 Å².